The van der Waals surface area contributed by atoms with E-state index in [0.29, 0.717) is 48.9 Å². The molecule has 10 heteroatoms. The van der Waals surface area contributed by atoms with E-state index in [9.17, 15) is 29.4 Å². The third-order valence-electron chi connectivity index (χ3n) is 8.85. The number of amides is 2. The Morgan fingerprint density at radius 3 is 1.12 bits per heavy atom. The van der Waals surface area contributed by atoms with Crippen LogP contribution in [0.5, 0.6) is 23.0 Å². The van der Waals surface area contributed by atoms with Gasteiger partial charge in [0, 0.05) is 26.2 Å². The minimum Gasteiger partial charge on any atom is -0.481 e. The van der Waals surface area contributed by atoms with E-state index in [1.807, 2.05) is 98.8 Å². The minimum absolute atomic E-state index is 0.151. The second-order valence-corrected chi connectivity index (χ2v) is 12.4. The number of aliphatic carboxylic acids is 2. The lowest BCUT2D eigenvalue weighted by molar-refractivity contribution is -0.187. The Bertz CT molecular complexity index is 1610. The van der Waals surface area contributed by atoms with Crippen molar-refractivity contribution in [2.75, 3.05) is 13.1 Å². The first-order valence-corrected chi connectivity index (χ1v) is 16.9. The Kier molecular flexibility index (Phi) is 11.9. The molecule has 1 aliphatic rings. The maximum atomic E-state index is 14.0. The predicted octanol–water partition coefficient (Wildman–Crippen LogP) is 7.10. The van der Waals surface area contributed by atoms with Gasteiger partial charge in [0.05, 0.1) is 23.7 Å². The Morgan fingerprint density at radius 1 is 0.500 bits per heavy atom. The van der Waals surface area contributed by atoms with Crippen molar-refractivity contribution in [3.63, 3.8) is 0 Å². The Balaban J connectivity index is 1.31. The highest BCUT2D eigenvalue weighted by Gasteiger charge is 2.64. The summed E-state index contributed by atoms with van der Waals surface area (Å²) >= 11 is 0. The van der Waals surface area contributed by atoms with Crippen LogP contribution < -0.4 is 9.47 Å². The molecule has 2 amide bonds. The molecule has 4 aromatic carbocycles. The summed E-state index contributed by atoms with van der Waals surface area (Å²) < 4.78 is 11.7. The zero-order valence-corrected chi connectivity index (χ0v) is 28.2. The number of benzene rings is 4. The number of carboxylic acids is 2. The number of para-hydroxylation sites is 2. The van der Waals surface area contributed by atoms with Crippen LogP contribution in [-0.2, 0) is 32.3 Å². The van der Waals surface area contributed by atoms with Crippen molar-refractivity contribution in [1.82, 2.24) is 9.80 Å². The van der Waals surface area contributed by atoms with Gasteiger partial charge >= 0.3 is 11.9 Å². The van der Waals surface area contributed by atoms with Crippen molar-refractivity contribution in [2.24, 2.45) is 23.7 Å². The zero-order chi connectivity index (χ0) is 35.6. The van der Waals surface area contributed by atoms with Crippen LogP contribution in [0.2, 0.25) is 0 Å². The fourth-order valence-electron chi connectivity index (χ4n) is 6.49. The summed E-state index contributed by atoms with van der Waals surface area (Å²) in [5, 5.41) is 20.6. The number of carbonyl (C=O) groups is 4. The van der Waals surface area contributed by atoms with Gasteiger partial charge in [-0.2, -0.15) is 0 Å². The summed E-state index contributed by atoms with van der Waals surface area (Å²) in [7, 11) is 0. The largest absolute Gasteiger partial charge is 0.481 e. The molecule has 0 aliphatic heterocycles. The summed E-state index contributed by atoms with van der Waals surface area (Å²) in [4.78, 5) is 56.4. The van der Waals surface area contributed by atoms with Crippen LogP contribution in [0.1, 0.15) is 37.8 Å². The minimum atomic E-state index is -1.47. The number of ether oxygens (including phenoxy) is 2. The standard InChI is InChI=1S/C40H42N2O8/c1-3-23-41(25-27-15-19-31(20-16-27)49-29-11-7-5-8-12-29)37(43)33-35(39(45)46)34(36(33)40(47)48)38(44)42(24-4-2)26-28-17-21-32(22-18-28)50-30-13-9-6-10-14-30/h5-22,33-36H,3-4,23-26H2,1-2H3,(H,45,46)(H,47,48)/t33-,34-,35-,36+. The highest BCUT2D eigenvalue weighted by Crippen LogP contribution is 2.49. The van der Waals surface area contributed by atoms with Crippen LogP contribution in [-0.4, -0.2) is 56.9 Å². The first-order valence-electron chi connectivity index (χ1n) is 16.9. The van der Waals surface area contributed by atoms with Crippen LogP contribution >= 0.6 is 0 Å². The van der Waals surface area contributed by atoms with Gasteiger partial charge in [0.1, 0.15) is 23.0 Å². The Hall–Kier alpha value is -5.64. The van der Waals surface area contributed by atoms with E-state index in [0.717, 1.165) is 11.1 Å². The number of hydrogen-bond acceptors (Lipinski definition) is 6. The van der Waals surface area contributed by atoms with E-state index in [-0.39, 0.29) is 13.1 Å². The first-order chi connectivity index (χ1) is 24.2. The molecule has 0 aromatic heterocycles. The van der Waals surface area contributed by atoms with Crippen molar-refractivity contribution in [3.8, 4) is 23.0 Å². The van der Waals surface area contributed by atoms with Crippen molar-refractivity contribution in [2.45, 2.75) is 39.8 Å². The van der Waals surface area contributed by atoms with Crippen molar-refractivity contribution < 1.29 is 38.9 Å². The van der Waals surface area contributed by atoms with Crippen LogP contribution in [0, 0.1) is 23.7 Å². The second-order valence-electron chi connectivity index (χ2n) is 12.4. The van der Waals surface area contributed by atoms with E-state index in [1.165, 1.54) is 9.80 Å². The lowest BCUT2D eigenvalue weighted by Gasteiger charge is -2.48. The molecule has 0 radical (unpaired) electrons. The van der Waals surface area contributed by atoms with Crippen molar-refractivity contribution >= 4 is 23.8 Å². The molecule has 1 fully saturated rings. The van der Waals surface area contributed by atoms with E-state index in [4.69, 9.17) is 9.47 Å². The molecule has 1 saturated carbocycles. The summed E-state index contributed by atoms with van der Waals surface area (Å²) in [5.41, 5.74) is 1.54. The van der Waals surface area contributed by atoms with Crippen molar-refractivity contribution in [3.05, 3.63) is 120 Å². The molecule has 0 heterocycles. The molecule has 0 spiro atoms. The molecular weight excluding hydrogens is 636 g/mol. The van der Waals surface area contributed by atoms with E-state index in [2.05, 4.69) is 0 Å². The molecule has 5 rings (SSSR count). The molecule has 4 aromatic rings. The molecule has 0 saturated heterocycles. The summed E-state index contributed by atoms with van der Waals surface area (Å²) in [6, 6.07) is 33.0. The first kappa shape index (κ1) is 35.7. The Morgan fingerprint density at radius 2 is 0.820 bits per heavy atom. The maximum absolute atomic E-state index is 14.0. The zero-order valence-electron chi connectivity index (χ0n) is 28.2. The van der Waals surface area contributed by atoms with Gasteiger partial charge in [-0.3, -0.25) is 19.2 Å². The van der Waals surface area contributed by atoms with E-state index in [1.54, 1.807) is 24.3 Å². The van der Waals surface area contributed by atoms with Gasteiger partial charge in [-0.25, -0.2) is 0 Å². The van der Waals surface area contributed by atoms with E-state index >= 15 is 0 Å². The average molecular weight is 679 g/mol. The molecular formula is C40H42N2O8. The summed E-state index contributed by atoms with van der Waals surface area (Å²) in [5.74, 6) is -7.04. The lowest BCUT2D eigenvalue weighted by Crippen LogP contribution is -2.64. The van der Waals surface area contributed by atoms with Gasteiger partial charge in [0.2, 0.25) is 11.8 Å². The van der Waals surface area contributed by atoms with Gasteiger partial charge in [0.25, 0.3) is 0 Å². The monoisotopic (exact) mass is 678 g/mol. The van der Waals surface area contributed by atoms with Crippen LogP contribution in [0.25, 0.3) is 0 Å². The number of carboxylic acid groups (broad SMARTS) is 2. The fourth-order valence-corrected chi connectivity index (χ4v) is 6.49. The topological polar surface area (TPSA) is 134 Å². The average Bonchev–Trinajstić information content (AvgIpc) is 3.09. The fraction of sp³-hybridized carbons (Fsp3) is 0.300. The Labute approximate surface area is 291 Å². The normalized spacial score (nSPS) is 18.0. The molecule has 1 aliphatic carbocycles. The van der Waals surface area contributed by atoms with Crippen LogP contribution in [0.4, 0.5) is 0 Å². The van der Waals surface area contributed by atoms with E-state index < -0.39 is 47.4 Å². The molecule has 2 N–H and O–H groups in total. The molecule has 10 nitrogen and oxygen atoms in total. The number of carbonyl (C=O) groups excluding carboxylic acids is 2. The maximum Gasteiger partial charge on any atom is 0.308 e. The summed E-state index contributed by atoms with van der Waals surface area (Å²) in [6.07, 6.45) is 1.15. The van der Waals surface area contributed by atoms with Gasteiger partial charge in [-0.05, 0) is 72.5 Å². The molecule has 0 unspecified atom stereocenters. The molecule has 0 bridgehead atoms. The predicted molar refractivity (Wildman–Crippen MR) is 187 cm³/mol. The number of nitrogens with zero attached hydrogens (tertiary/aromatic N) is 2. The summed E-state index contributed by atoms with van der Waals surface area (Å²) in [6.45, 7) is 4.66. The molecule has 50 heavy (non-hydrogen) atoms. The lowest BCUT2D eigenvalue weighted by atomic mass is 9.55. The van der Waals surface area contributed by atoms with Crippen LogP contribution in [0.3, 0.4) is 0 Å². The van der Waals surface area contributed by atoms with Gasteiger partial charge < -0.3 is 29.5 Å². The second kappa shape index (κ2) is 16.6. The molecule has 0 atom stereocenters. The third kappa shape index (κ3) is 8.49. The van der Waals surface area contributed by atoms with Gasteiger partial charge in [0.15, 0.2) is 0 Å². The quantitative estimate of drug-likeness (QED) is 0.128. The highest BCUT2D eigenvalue weighted by molar-refractivity contribution is 5.99. The molecule has 260 valence electrons. The van der Waals surface area contributed by atoms with Crippen LogP contribution in [0.15, 0.2) is 109 Å². The van der Waals surface area contributed by atoms with Gasteiger partial charge in [-0.15, -0.1) is 0 Å². The highest BCUT2D eigenvalue weighted by atomic mass is 16.5. The van der Waals surface area contributed by atoms with Gasteiger partial charge in [-0.1, -0.05) is 74.5 Å². The number of rotatable bonds is 16. The number of hydrogen-bond donors (Lipinski definition) is 2. The smallest absolute Gasteiger partial charge is 0.308 e. The third-order valence-corrected chi connectivity index (χ3v) is 8.85. The van der Waals surface area contributed by atoms with Crippen molar-refractivity contribution in [1.29, 1.82) is 0 Å². The SMILES string of the molecule is CCCN(Cc1ccc(Oc2ccccc2)cc1)C(=O)[C@H]1[C@H](C(=O)O)[C@H](C(=O)N(CCC)Cc2ccc(Oc3ccccc3)cc2)[C@@H]1C(=O)O.